The highest BCUT2D eigenvalue weighted by molar-refractivity contribution is 5.33. The summed E-state index contributed by atoms with van der Waals surface area (Å²) in [7, 11) is 1.33. The fourth-order valence-corrected chi connectivity index (χ4v) is 0.878. The number of ether oxygens (including phenoxy) is 1. The molecule has 1 aromatic heterocycles. The Morgan fingerprint density at radius 3 is 2.92 bits per heavy atom. The summed E-state index contributed by atoms with van der Waals surface area (Å²) in [4.78, 5) is 3.56. The van der Waals surface area contributed by atoms with Crippen LogP contribution >= 0.6 is 0 Å². The van der Waals surface area contributed by atoms with E-state index in [2.05, 4.69) is 4.98 Å². The molecular formula is C8H7FN2O2. The minimum atomic E-state index is -0.757. The number of aromatic nitrogens is 1. The molecule has 0 aromatic carbocycles. The quantitative estimate of drug-likeness (QED) is 0.727. The Bertz CT molecular complexity index is 360. The Morgan fingerprint density at radius 2 is 2.46 bits per heavy atom. The second-order valence-electron chi connectivity index (χ2n) is 2.26. The molecule has 5 heteroatoms. The van der Waals surface area contributed by atoms with Crippen molar-refractivity contribution in [3.63, 3.8) is 0 Å². The van der Waals surface area contributed by atoms with E-state index in [1.807, 2.05) is 0 Å². The molecule has 68 valence electrons. The summed E-state index contributed by atoms with van der Waals surface area (Å²) in [5.41, 5.74) is -0.118. The second kappa shape index (κ2) is 3.83. The van der Waals surface area contributed by atoms with E-state index in [1.54, 1.807) is 6.07 Å². The van der Waals surface area contributed by atoms with E-state index in [-0.39, 0.29) is 23.7 Å². The number of nitrogens with zero attached hydrogens (tertiary/aromatic N) is 2. The monoisotopic (exact) mass is 182 g/mol. The van der Waals surface area contributed by atoms with E-state index >= 15 is 0 Å². The standard InChI is InChI=1S/C8H7FN2O2/c1-13-8-5(4-12)2-6(9)7(3-10)11-8/h2,12H,4H2,1H3. The molecule has 1 N–H and O–H groups in total. The molecule has 13 heavy (non-hydrogen) atoms. The lowest BCUT2D eigenvalue weighted by atomic mass is 10.2. The largest absolute Gasteiger partial charge is 0.481 e. The zero-order chi connectivity index (χ0) is 9.84. The third kappa shape index (κ3) is 1.73. The average Bonchev–Trinajstić information content (AvgIpc) is 2.17. The van der Waals surface area contributed by atoms with Crippen molar-refractivity contribution in [2.75, 3.05) is 7.11 Å². The van der Waals surface area contributed by atoms with Crippen LogP contribution in [0.4, 0.5) is 4.39 Å². The normalized spacial score (nSPS) is 9.38. The van der Waals surface area contributed by atoms with E-state index < -0.39 is 5.82 Å². The van der Waals surface area contributed by atoms with Gasteiger partial charge in [0.15, 0.2) is 11.5 Å². The fourth-order valence-electron chi connectivity index (χ4n) is 0.878. The highest BCUT2D eigenvalue weighted by Gasteiger charge is 2.10. The minimum absolute atomic E-state index is 0.0699. The number of aliphatic hydroxyl groups is 1. The Hall–Kier alpha value is -1.67. The molecule has 0 aliphatic carbocycles. The van der Waals surface area contributed by atoms with Gasteiger partial charge in [0.05, 0.1) is 13.7 Å². The fraction of sp³-hybridized carbons (Fsp3) is 0.250. The van der Waals surface area contributed by atoms with E-state index in [1.165, 1.54) is 7.11 Å². The molecule has 0 fully saturated rings. The average molecular weight is 182 g/mol. The predicted molar refractivity (Wildman–Crippen MR) is 41.4 cm³/mol. The molecule has 4 nitrogen and oxygen atoms in total. The molecule has 1 heterocycles. The van der Waals surface area contributed by atoms with Crippen LogP contribution in [0.25, 0.3) is 0 Å². The van der Waals surface area contributed by atoms with Gasteiger partial charge in [0, 0.05) is 5.56 Å². The number of nitriles is 1. The van der Waals surface area contributed by atoms with Gasteiger partial charge in [-0.05, 0) is 6.07 Å². The number of aliphatic hydroxyl groups excluding tert-OH is 1. The van der Waals surface area contributed by atoms with Gasteiger partial charge in [-0.1, -0.05) is 0 Å². The molecule has 0 atom stereocenters. The van der Waals surface area contributed by atoms with E-state index in [9.17, 15) is 4.39 Å². The molecule has 0 amide bonds. The van der Waals surface area contributed by atoms with Crippen LogP contribution in [0.3, 0.4) is 0 Å². The summed E-state index contributed by atoms with van der Waals surface area (Å²) in [6.07, 6.45) is 0. The Kier molecular flexibility index (Phi) is 2.77. The van der Waals surface area contributed by atoms with Crippen LogP contribution in [0.15, 0.2) is 6.07 Å². The first-order valence-electron chi connectivity index (χ1n) is 3.47. The SMILES string of the molecule is COc1nc(C#N)c(F)cc1CO. The van der Waals surface area contributed by atoms with Crippen LogP contribution in [-0.2, 0) is 6.61 Å². The van der Waals surface area contributed by atoms with Crippen LogP contribution in [0.2, 0.25) is 0 Å². The maximum absolute atomic E-state index is 12.9. The molecule has 0 saturated carbocycles. The second-order valence-corrected chi connectivity index (χ2v) is 2.26. The number of pyridine rings is 1. The first-order valence-corrected chi connectivity index (χ1v) is 3.47. The maximum atomic E-state index is 12.9. The van der Waals surface area contributed by atoms with Crippen molar-refractivity contribution < 1.29 is 14.2 Å². The number of rotatable bonds is 2. The van der Waals surface area contributed by atoms with Gasteiger partial charge in [-0.25, -0.2) is 4.39 Å². The van der Waals surface area contributed by atoms with Gasteiger partial charge in [0.2, 0.25) is 5.88 Å². The molecule has 0 aliphatic heterocycles. The molecule has 1 aromatic rings. The van der Waals surface area contributed by atoms with Crippen LogP contribution < -0.4 is 4.74 Å². The predicted octanol–water partition coefficient (Wildman–Crippen LogP) is 0.593. The molecular weight excluding hydrogens is 175 g/mol. The van der Waals surface area contributed by atoms with Gasteiger partial charge in [-0.2, -0.15) is 10.2 Å². The lowest BCUT2D eigenvalue weighted by Gasteiger charge is -2.04. The Labute approximate surface area is 74.2 Å². The third-order valence-corrected chi connectivity index (χ3v) is 1.48. The van der Waals surface area contributed by atoms with Gasteiger partial charge < -0.3 is 9.84 Å². The molecule has 1 rings (SSSR count). The summed E-state index contributed by atoms with van der Waals surface area (Å²) in [6, 6.07) is 2.61. The summed E-state index contributed by atoms with van der Waals surface area (Å²) in [5.74, 6) is -0.687. The molecule has 0 aliphatic rings. The van der Waals surface area contributed by atoms with E-state index in [4.69, 9.17) is 15.1 Å². The van der Waals surface area contributed by atoms with Gasteiger partial charge in [0.1, 0.15) is 6.07 Å². The van der Waals surface area contributed by atoms with Gasteiger partial charge in [-0.15, -0.1) is 0 Å². The first kappa shape index (κ1) is 9.42. The first-order chi connectivity index (χ1) is 6.22. The molecule has 0 unspecified atom stereocenters. The van der Waals surface area contributed by atoms with Crippen molar-refractivity contribution in [3.05, 3.63) is 23.1 Å². The van der Waals surface area contributed by atoms with Crippen molar-refractivity contribution in [1.82, 2.24) is 4.98 Å². The Morgan fingerprint density at radius 1 is 1.77 bits per heavy atom. The van der Waals surface area contributed by atoms with Gasteiger partial charge >= 0.3 is 0 Å². The summed E-state index contributed by atoms with van der Waals surface area (Å²) in [6.45, 7) is -0.376. The summed E-state index contributed by atoms with van der Waals surface area (Å²) >= 11 is 0. The van der Waals surface area contributed by atoms with E-state index in [0.29, 0.717) is 0 Å². The third-order valence-electron chi connectivity index (χ3n) is 1.48. The van der Waals surface area contributed by atoms with Crippen molar-refractivity contribution in [2.24, 2.45) is 0 Å². The van der Waals surface area contributed by atoms with Crippen LogP contribution in [0, 0.1) is 17.1 Å². The number of hydrogen-bond donors (Lipinski definition) is 1. The smallest absolute Gasteiger partial charge is 0.220 e. The molecule has 0 spiro atoms. The zero-order valence-corrected chi connectivity index (χ0v) is 6.91. The van der Waals surface area contributed by atoms with Crippen LogP contribution in [0.1, 0.15) is 11.3 Å². The van der Waals surface area contributed by atoms with Crippen LogP contribution in [0.5, 0.6) is 5.88 Å². The number of halogens is 1. The van der Waals surface area contributed by atoms with Crippen molar-refractivity contribution in [2.45, 2.75) is 6.61 Å². The van der Waals surface area contributed by atoms with Crippen molar-refractivity contribution >= 4 is 0 Å². The molecule has 0 bridgehead atoms. The topological polar surface area (TPSA) is 66.1 Å². The number of methoxy groups -OCH3 is 1. The lowest BCUT2D eigenvalue weighted by molar-refractivity contribution is 0.270. The molecule has 0 saturated heterocycles. The van der Waals surface area contributed by atoms with Crippen molar-refractivity contribution in [1.29, 1.82) is 5.26 Å². The summed E-state index contributed by atoms with van der Waals surface area (Å²) < 4.78 is 17.6. The minimum Gasteiger partial charge on any atom is -0.481 e. The van der Waals surface area contributed by atoms with Crippen LogP contribution in [-0.4, -0.2) is 17.2 Å². The Balaban J connectivity index is 3.28. The highest BCUT2D eigenvalue weighted by Crippen LogP contribution is 2.18. The van der Waals surface area contributed by atoms with Gasteiger partial charge in [0.25, 0.3) is 0 Å². The highest BCUT2D eigenvalue weighted by atomic mass is 19.1. The maximum Gasteiger partial charge on any atom is 0.220 e. The van der Waals surface area contributed by atoms with E-state index in [0.717, 1.165) is 6.07 Å². The zero-order valence-electron chi connectivity index (χ0n) is 6.91. The summed E-state index contributed by atoms with van der Waals surface area (Å²) in [5, 5.41) is 17.2. The lowest BCUT2D eigenvalue weighted by Crippen LogP contribution is -1.99. The van der Waals surface area contributed by atoms with Crippen molar-refractivity contribution in [3.8, 4) is 11.9 Å². The number of hydrogen-bond acceptors (Lipinski definition) is 4. The van der Waals surface area contributed by atoms with Gasteiger partial charge in [-0.3, -0.25) is 0 Å². The molecule has 0 radical (unpaired) electrons.